The molecule has 1 aliphatic rings. The largest absolute Gasteiger partial charge is 0.493 e. The zero-order chi connectivity index (χ0) is 14.5. The highest BCUT2D eigenvalue weighted by Crippen LogP contribution is 2.25. The quantitative estimate of drug-likeness (QED) is 0.470. The number of rotatable bonds is 5. The van der Waals surface area contributed by atoms with Crippen molar-refractivity contribution in [2.45, 2.75) is 19.8 Å². The number of nitro groups is 1. The number of benzene rings is 1. The summed E-state index contributed by atoms with van der Waals surface area (Å²) >= 11 is 0. The third kappa shape index (κ3) is 3.54. The molecule has 0 aromatic heterocycles. The second-order valence-corrected chi connectivity index (χ2v) is 4.86. The van der Waals surface area contributed by atoms with E-state index in [2.05, 4.69) is 0 Å². The van der Waals surface area contributed by atoms with E-state index in [0.29, 0.717) is 18.3 Å². The number of ketones is 1. The molecular formula is C14H17NO5. The summed E-state index contributed by atoms with van der Waals surface area (Å²) in [4.78, 5) is 21.7. The van der Waals surface area contributed by atoms with Gasteiger partial charge < -0.3 is 9.47 Å². The van der Waals surface area contributed by atoms with Crippen LogP contribution in [0.2, 0.25) is 0 Å². The molecule has 0 radical (unpaired) electrons. The normalized spacial score (nSPS) is 15.8. The summed E-state index contributed by atoms with van der Waals surface area (Å²) in [6.07, 6.45) is 1.90. The molecule has 0 atom stereocenters. The highest BCUT2D eigenvalue weighted by molar-refractivity contribution is 5.98. The lowest BCUT2D eigenvalue weighted by molar-refractivity contribution is -0.385. The molecule has 0 bridgehead atoms. The van der Waals surface area contributed by atoms with E-state index in [1.165, 1.54) is 25.1 Å². The van der Waals surface area contributed by atoms with E-state index in [1.807, 2.05) is 0 Å². The Labute approximate surface area is 116 Å². The molecule has 2 rings (SSSR count). The van der Waals surface area contributed by atoms with Crippen molar-refractivity contribution in [1.82, 2.24) is 0 Å². The molecule has 108 valence electrons. The molecule has 1 saturated heterocycles. The van der Waals surface area contributed by atoms with Gasteiger partial charge in [-0.1, -0.05) is 0 Å². The van der Waals surface area contributed by atoms with E-state index in [0.717, 1.165) is 26.1 Å². The van der Waals surface area contributed by atoms with Crippen LogP contribution in [0.5, 0.6) is 5.75 Å². The summed E-state index contributed by atoms with van der Waals surface area (Å²) in [5.74, 6) is 0.584. The molecule has 0 N–H and O–H groups in total. The molecule has 0 unspecified atom stereocenters. The van der Waals surface area contributed by atoms with Gasteiger partial charge in [0.1, 0.15) is 5.75 Å². The van der Waals surface area contributed by atoms with Crippen molar-refractivity contribution in [3.8, 4) is 5.75 Å². The Bertz CT molecular complexity index is 508. The van der Waals surface area contributed by atoms with Crippen LogP contribution in [0.25, 0.3) is 0 Å². The average Bonchev–Trinajstić information content (AvgIpc) is 2.45. The number of hydrogen-bond donors (Lipinski definition) is 0. The lowest BCUT2D eigenvalue weighted by atomic mass is 10.0. The lowest BCUT2D eigenvalue weighted by Crippen LogP contribution is -2.21. The Morgan fingerprint density at radius 1 is 1.45 bits per heavy atom. The molecule has 6 heteroatoms. The Kier molecular flexibility index (Phi) is 4.68. The van der Waals surface area contributed by atoms with Gasteiger partial charge in [-0.2, -0.15) is 0 Å². The number of Topliss-reactive ketones (excluding diaryl/α,β-unsaturated/α-hetero) is 1. The summed E-state index contributed by atoms with van der Waals surface area (Å²) in [5, 5.41) is 10.8. The van der Waals surface area contributed by atoms with Crippen molar-refractivity contribution < 1.29 is 19.2 Å². The fourth-order valence-electron chi connectivity index (χ4n) is 2.17. The molecule has 0 spiro atoms. The van der Waals surface area contributed by atoms with Gasteiger partial charge in [-0.25, -0.2) is 0 Å². The second kappa shape index (κ2) is 6.47. The number of hydrogen-bond acceptors (Lipinski definition) is 5. The van der Waals surface area contributed by atoms with Gasteiger partial charge in [-0.15, -0.1) is 0 Å². The molecule has 0 saturated carbocycles. The lowest BCUT2D eigenvalue weighted by Gasteiger charge is -2.22. The molecule has 20 heavy (non-hydrogen) atoms. The molecule has 1 fully saturated rings. The van der Waals surface area contributed by atoms with Gasteiger partial charge in [-0.3, -0.25) is 14.9 Å². The topological polar surface area (TPSA) is 78.7 Å². The zero-order valence-electron chi connectivity index (χ0n) is 11.3. The first-order chi connectivity index (χ1) is 9.58. The molecule has 1 aromatic carbocycles. The van der Waals surface area contributed by atoms with E-state index in [1.54, 1.807) is 0 Å². The number of ether oxygens (including phenoxy) is 2. The van der Waals surface area contributed by atoms with E-state index >= 15 is 0 Å². The first-order valence-corrected chi connectivity index (χ1v) is 6.58. The Morgan fingerprint density at radius 2 is 2.15 bits per heavy atom. The van der Waals surface area contributed by atoms with Gasteiger partial charge >= 0.3 is 0 Å². The number of nitro benzene ring substituents is 1. The van der Waals surface area contributed by atoms with Crippen LogP contribution in [0, 0.1) is 16.0 Å². The van der Waals surface area contributed by atoms with Gasteiger partial charge in [0.2, 0.25) is 0 Å². The van der Waals surface area contributed by atoms with E-state index in [-0.39, 0.29) is 17.0 Å². The first kappa shape index (κ1) is 14.5. The van der Waals surface area contributed by atoms with Crippen LogP contribution in [0.3, 0.4) is 0 Å². The van der Waals surface area contributed by atoms with Crippen LogP contribution in [0.1, 0.15) is 30.1 Å². The van der Waals surface area contributed by atoms with Crippen LogP contribution in [0.4, 0.5) is 5.69 Å². The highest BCUT2D eigenvalue weighted by Gasteiger charge is 2.19. The van der Waals surface area contributed by atoms with Gasteiger partial charge in [0, 0.05) is 19.3 Å². The van der Waals surface area contributed by atoms with Gasteiger partial charge in [0.25, 0.3) is 5.69 Å². The van der Waals surface area contributed by atoms with Crippen molar-refractivity contribution >= 4 is 11.5 Å². The summed E-state index contributed by atoms with van der Waals surface area (Å²) in [6, 6.07) is 4.29. The molecule has 0 amide bonds. The summed E-state index contributed by atoms with van der Waals surface area (Å²) in [5.41, 5.74) is -0.101. The van der Waals surface area contributed by atoms with Crippen LogP contribution < -0.4 is 4.74 Å². The Morgan fingerprint density at radius 3 is 2.75 bits per heavy atom. The van der Waals surface area contributed by atoms with Crippen LogP contribution >= 0.6 is 0 Å². The Hall–Kier alpha value is -1.95. The van der Waals surface area contributed by atoms with Gasteiger partial charge in [0.15, 0.2) is 5.78 Å². The van der Waals surface area contributed by atoms with Crippen LogP contribution in [0.15, 0.2) is 18.2 Å². The maximum atomic E-state index is 11.5. The van der Waals surface area contributed by atoms with Crippen LogP contribution in [-0.4, -0.2) is 30.5 Å². The summed E-state index contributed by atoms with van der Waals surface area (Å²) in [6.45, 7) is 3.34. The van der Waals surface area contributed by atoms with Crippen molar-refractivity contribution in [3.05, 3.63) is 33.9 Å². The molecule has 1 aromatic rings. The smallest absolute Gasteiger partial charge is 0.280 e. The minimum absolute atomic E-state index is 0.0828. The van der Waals surface area contributed by atoms with E-state index < -0.39 is 4.92 Å². The number of carbonyl (C=O) groups excluding carboxylic acids is 1. The van der Waals surface area contributed by atoms with E-state index in [9.17, 15) is 14.9 Å². The zero-order valence-corrected chi connectivity index (χ0v) is 11.3. The predicted molar refractivity (Wildman–Crippen MR) is 72.1 cm³/mol. The summed E-state index contributed by atoms with van der Waals surface area (Å²) < 4.78 is 10.9. The molecular weight excluding hydrogens is 262 g/mol. The van der Waals surface area contributed by atoms with Crippen molar-refractivity contribution in [2.75, 3.05) is 19.8 Å². The molecule has 1 aliphatic heterocycles. The second-order valence-electron chi connectivity index (χ2n) is 4.86. The maximum Gasteiger partial charge on any atom is 0.280 e. The minimum Gasteiger partial charge on any atom is -0.493 e. The number of nitrogens with zero attached hydrogens (tertiary/aromatic N) is 1. The third-order valence-electron chi connectivity index (χ3n) is 3.37. The minimum atomic E-state index is -0.557. The fourth-order valence-corrected chi connectivity index (χ4v) is 2.17. The fraction of sp³-hybridized carbons (Fsp3) is 0.500. The maximum absolute atomic E-state index is 11.5. The van der Waals surface area contributed by atoms with Crippen molar-refractivity contribution in [1.29, 1.82) is 0 Å². The molecule has 1 heterocycles. The third-order valence-corrected chi connectivity index (χ3v) is 3.37. The number of carbonyl (C=O) groups is 1. The Balaban J connectivity index is 2.06. The SMILES string of the molecule is CC(=O)c1cc(OCC2CCOCC2)ccc1[N+](=O)[O-]. The monoisotopic (exact) mass is 279 g/mol. The molecule has 6 nitrogen and oxygen atoms in total. The summed E-state index contributed by atoms with van der Waals surface area (Å²) in [7, 11) is 0. The highest BCUT2D eigenvalue weighted by atomic mass is 16.6. The predicted octanol–water partition coefficient (Wildman–Crippen LogP) is 2.60. The van der Waals surface area contributed by atoms with E-state index in [4.69, 9.17) is 9.47 Å². The van der Waals surface area contributed by atoms with Crippen molar-refractivity contribution in [3.63, 3.8) is 0 Å². The van der Waals surface area contributed by atoms with Gasteiger partial charge in [-0.05, 0) is 37.8 Å². The van der Waals surface area contributed by atoms with Gasteiger partial charge in [0.05, 0.1) is 17.1 Å². The first-order valence-electron chi connectivity index (χ1n) is 6.58. The van der Waals surface area contributed by atoms with Crippen molar-refractivity contribution in [2.24, 2.45) is 5.92 Å². The average molecular weight is 279 g/mol. The molecule has 0 aliphatic carbocycles. The van der Waals surface area contributed by atoms with Crippen LogP contribution in [-0.2, 0) is 4.74 Å². The standard InChI is InChI=1S/C14H17NO5/c1-10(16)13-8-12(2-3-14(13)15(17)18)20-9-11-4-6-19-7-5-11/h2-3,8,11H,4-7,9H2,1H3.